The number of amidine groups is 1. The largest absolute Gasteiger partial charge is 0.371 e. The van der Waals surface area contributed by atoms with E-state index in [0.29, 0.717) is 0 Å². The third-order valence-electron chi connectivity index (χ3n) is 3.33. The second-order valence-electron chi connectivity index (χ2n) is 4.48. The van der Waals surface area contributed by atoms with Crippen molar-refractivity contribution in [2.45, 2.75) is 13.0 Å². The van der Waals surface area contributed by atoms with Gasteiger partial charge in [0.25, 0.3) is 0 Å². The summed E-state index contributed by atoms with van der Waals surface area (Å²) in [6.07, 6.45) is 1.17. The smallest absolute Gasteiger partial charge is 0.111 e. The predicted octanol–water partition coefficient (Wildman–Crippen LogP) is 1.89. The van der Waals surface area contributed by atoms with Gasteiger partial charge in [0.05, 0.1) is 13.1 Å². The molecule has 0 unspecified atom stereocenters. The Bertz CT molecular complexity index is 420. The van der Waals surface area contributed by atoms with Crippen LogP contribution in [0.3, 0.4) is 0 Å². The van der Waals surface area contributed by atoms with E-state index in [1.807, 2.05) is 0 Å². The Morgan fingerprint density at radius 1 is 1.17 bits per heavy atom. The third kappa shape index (κ3) is 3.37. The Labute approximate surface area is 120 Å². The third-order valence-corrected chi connectivity index (χ3v) is 3.33. The molecule has 0 atom stereocenters. The van der Waals surface area contributed by atoms with E-state index in [4.69, 9.17) is 0 Å². The summed E-state index contributed by atoms with van der Waals surface area (Å²) in [6, 6.07) is 8.76. The monoisotopic (exact) mass is 287 g/mol. The topological polar surface area (TPSA) is 27.6 Å². The van der Waals surface area contributed by atoms with E-state index < -0.39 is 0 Å². The first kappa shape index (κ1) is 15.3. The Morgan fingerprint density at radius 2 is 1.94 bits per heavy atom. The molecule has 0 saturated heterocycles. The van der Waals surface area contributed by atoms with Crippen LogP contribution in [0.2, 0.25) is 0 Å². The van der Waals surface area contributed by atoms with E-state index in [2.05, 4.69) is 39.5 Å². The fraction of sp³-hybridized carbons (Fsp3) is 0.462. The number of rotatable bonds is 2. The molecular formula is C13H19Cl2N3. The highest BCUT2D eigenvalue weighted by molar-refractivity contribution is 5.86. The van der Waals surface area contributed by atoms with Gasteiger partial charge in [-0.05, 0) is 17.5 Å². The highest BCUT2D eigenvalue weighted by Crippen LogP contribution is 2.18. The maximum Gasteiger partial charge on any atom is 0.111 e. The van der Waals surface area contributed by atoms with Crippen LogP contribution in [0.5, 0.6) is 0 Å². The van der Waals surface area contributed by atoms with E-state index >= 15 is 0 Å². The summed E-state index contributed by atoms with van der Waals surface area (Å²) in [7, 11) is 0. The number of nitrogens with zero attached hydrogens (tertiary/aromatic N) is 2. The van der Waals surface area contributed by atoms with Crippen LogP contribution in [0.1, 0.15) is 11.1 Å². The van der Waals surface area contributed by atoms with Crippen LogP contribution < -0.4 is 5.32 Å². The fourth-order valence-electron chi connectivity index (χ4n) is 2.45. The van der Waals surface area contributed by atoms with E-state index in [1.165, 1.54) is 23.4 Å². The van der Waals surface area contributed by atoms with E-state index in [-0.39, 0.29) is 24.8 Å². The lowest BCUT2D eigenvalue weighted by molar-refractivity contribution is 0.288. The first-order valence-electron chi connectivity index (χ1n) is 5.98. The van der Waals surface area contributed by atoms with Crippen LogP contribution in [0, 0.1) is 0 Å². The maximum atomic E-state index is 4.45. The van der Waals surface area contributed by atoms with Crippen molar-refractivity contribution in [3.63, 3.8) is 0 Å². The van der Waals surface area contributed by atoms with E-state index in [1.54, 1.807) is 0 Å². The highest BCUT2D eigenvalue weighted by atomic mass is 35.5. The summed E-state index contributed by atoms with van der Waals surface area (Å²) < 4.78 is 0. The van der Waals surface area contributed by atoms with Gasteiger partial charge in [-0.2, -0.15) is 0 Å². The summed E-state index contributed by atoms with van der Waals surface area (Å²) in [6.45, 7) is 5.16. The Morgan fingerprint density at radius 3 is 2.67 bits per heavy atom. The van der Waals surface area contributed by atoms with Gasteiger partial charge in [0.15, 0.2) is 0 Å². The Balaban J connectivity index is 0.000000810. The van der Waals surface area contributed by atoms with Crippen molar-refractivity contribution in [2.75, 3.05) is 26.2 Å². The minimum absolute atomic E-state index is 0. The first-order chi connectivity index (χ1) is 7.92. The van der Waals surface area contributed by atoms with Gasteiger partial charge in [0.2, 0.25) is 0 Å². The molecule has 1 aromatic rings. The molecule has 5 heteroatoms. The summed E-state index contributed by atoms with van der Waals surface area (Å²) in [4.78, 5) is 6.92. The van der Waals surface area contributed by atoms with Crippen LogP contribution in [0.15, 0.2) is 29.3 Å². The number of hydrogen-bond donors (Lipinski definition) is 1. The number of benzene rings is 1. The summed E-state index contributed by atoms with van der Waals surface area (Å²) in [5.41, 5.74) is 2.99. The molecule has 18 heavy (non-hydrogen) atoms. The van der Waals surface area contributed by atoms with Crippen LogP contribution in [-0.2, 0) is 13.0 Å². The van der Waals surface area contributed by atoms with Gasteiger partial charge in [-0.15, -0.1) is 24.8 Å². The lowest BCUT2D eigenvalue weighted by Gasteiger charge is -2.28. The molecule has 0 bridgehead atoms. The molecule has 100 valence electrons. The lowest BCUT2D eigenvalue weighted by Crippen LogP contribution is -2.38. The van der Waals surface area contributed by atoms with Crippen molar-refractivity contribution in [3.8, 4) is 0 Å². The number of hydrogen-bond acceptors (Lipinski definition) is 3. The molecule has 0 aliphatic carbocycles. The molecule has 0 aromatic heterocycles. The molecule has 0 saturated carbocycles. The van der Waals surface area contributed by atoms with Crippen LogP contribution in [0.25, 0.3) is 0 Å². The molecule has 0 radical (unpaired) electrons. The number of nitrogens with one attached hydrogen (secondary N) is 1. The molecule has 3 rings (SSSR count). The van der Waals surface area contributed by atoms with Crippen LogP contribution in [0.4, 0.5) is 0 Å². The Kier molecular flexibility index (Phi) is 5.93. The van der Waals surface area contributed by atoms with Crippen molar-refractivity contribution >= 4 is 30.6 Å². The lowest BCUT2D eigenvalue weighted by atomic mass is 10.00. The number of fused-ring (bicyclic) bond motifs is 1. The van der Waals surface area contributed by atoms with Crippen molar-refractivity contribution in [1.29, 1.82) is 0 Å². The standard InChI is InChI=1S/C13H17N3.2ClH/c1-2-4-12-9-16(8-5-11(12)3-1)10-13-14-6-7-15-13;;/h1-4H,5-10H2,(H,14,15);2*1H. The Hall–Kier alpha value is -0.770. The van der Waals surface area contributed by atoms with Crippen molar-refractivity contribution < 1.29 is 0 Å². The second-order valence-corrected chi connectivity index (χ2v) is 4.48. The zero-order valence-corrected chi connectivity index (χ0v) is 11.9. The zero-order valence-electron chi connectivity index (χ0n) is 10.3. The highest BCUT2D eigenvalue weighted by Gasteiger charge is 2.17. The summed E-state index contributed by atoms with van der Waals surface area (Å²) in [5.74, 6) is 1.17. The fourth-order valence-corrected chi connectivity index (χ4v) is 2.45. The van der Waals surface area contributed by atoms with Gasteiger partial charge in [0, 0.05) is 19.6 Å². The zero-order chi connectivity index (χ0) is 10.8. The second kappa shape index (κ2) is 6.98. The molecule has 2 aliphatic rings. The van der Waals surface area contributed by atoms with Crippen LogP contribution >= 0.6 is 24.8 Å². The average molecular weight is 288 g/mol. The quantitative estimate of drug-likeness (QED) is 0.900. The molecule has 0 fully saturated rings. The number of halogens is 2. The normalized spacial score (nSPS) is 17.9. The van der Waals surface area contributed by atoms with E-state index in [0.717, 1.165) is 32.7 Å². The molecule has 1 aromatic carbocycles. The van der Waals surface area contributed by atoms with Crippen LogP contribution in [-0.4, -0.2) is 36.9 Å². The predicted molar refractivity (Wildman–Crippen MR) is 80.2 cm³/mol. The van der Waals surface area contributed by atoms with Gasteiger partial charge >= 0.3 is 0 Å². The van der Waals surface area contributed by atoms with E-state index in [9.17, 15) is 0 Å². The molecular weight excluding hydrogens is 269 g/mol. The van der Waals surface area contributed by atoms with Gasteiger partial charge < -0.3 is 5.32 Å². The summed E-state index contributed by atoms with van der Waals surface area (Å²) in [5, 5.41) is 3.34. The molecule has 3 nitrogen and oxygen atoms in total. The molecule has 0 spiro atoms. The van der Waals surface area contributed by atoms with Crippen molar-refractivity contribution in [1.82, 2.24) is 10.2 Å². The molecule has 2 heterocycles. The van der Waals surface area contributed by atoms with Gasteiger partial charge in [0.1, 0.15) is 5.84 Å². The maximum absolute atomic E-state index is 4.45. The van der Waals surface area contributed by atoms with Gasteiger partial charge in [-0.1, -0.05) is 24.3 Å². The first-order valence-corrected chi connectivity index (χ1v) is 5.98. The molecule has 0 amide bonds. The molecule has 2 aliphatic heterocycles. The SMILES string of the molecule is Cl.Cl.c1ccc2c(c1)CCN(CC1=NCCN1)C2. The van der Waals surface area contributed by atoms with Gasteiger partial charge in [-0.25, -0.2) is 0 Å². The van der Waals surface area contributed by atoms with Crippen molar-refractivity contribution in [3.05, 3.63) is 35.4 Å². The van der Waals surface area contributed by atoms with Gasteiger partial charge in [-0.3, -0.25) is 9.89 Å². The molecule has 1 N–H and O–H groups in total. The number of aliphatic imine (C=N–C) groups is 1. The minimum atomic E-state index is 0. The van der Waals surface area contributed by atoms with Crippen molar-refractivity contribution in [2.24, 2.45) is 4.99 Å². The average Bonchev–Trinajstić information content (AvgIpc) is 2.82. The summed E-state index contributed by atoms with van der Waals surface area (Å²) >= 11 is 0. The minimum Gasteiger partial charge on any atom is -0.371 e.